The van der Waals surface area contributed by atoms with Gasteiger partial charge in [-0.1, -0.05) is 42.3 Å². The lowest BCUT2D eigenvalue weighted by molar-refractivity contribution is 0.301. The van der Waals surface area contributed by atoms with E-state index in [1.165, 1.54) is 11.3 Å². The molecule has 0 aromatic heterocycles. The molecule has 3 nitrogen and oxygen atoms in total. The van der Waals surface area contributed by atoms with Gasteiger partial charge in [0, 0.05) is 29.3 Å². The number of rotatable bonds is 9. The zero-order valence-electron chi connectivity index (χ0n) is 12.8. The molecule has 0 spiro atoms. The average Bonchev–Trinajstić information content (AvgIpc) is 2.43. The highest BCUT2D eigenvalue weighted by atomic mass is 79.9. The van der Waals surface area contributed by atoms with E-state index < -0.39 is 0 Å². The van der Waals surface area contributed by atoms with Gasteiger partial charge in [-0.3, -0.25) is 0 Å². The number of hydrogen-bond acceptors (Lipinski definition) is 3. The lowest BCUT2D eigenvalue weighted by Crippen LogP contribution is -2.30. The first-order chi connectivity index (χ1) is 9.63. The van der Waals surface area contributed by atoms with Crippen molar-refractivity contribution in [2.24, 2.45) is 0 Å². The first-order valence-corrected chi connectivity index (χ1v) is 8.31. The number of aliphatic hydroxyl groups is 1. The minimum absolute atomic E-state index is 0.186. The van der Waals surface area contributed by atoms with Crippen LogP contribution in [0.15, 0.2) is 22.7 Å². The van der Waals surface area contributed by atoms with Gasteiger partial charge in [0.1, 0.15) is 0 Å². The van der Waals surface area contributed by atoms with Crippen molar-refractivity contribution in [2.45, 2.75) is 39.7 Å². The van der Waals surface area contributed by atoms with Gasteiger partial charge in [0.25, 0.3) is 0 Å². The highest BCUT2D eigenvalue weighted by Crippen LogP contribution is 2.30. The van der Waals surface area contributed by atoms with E-state index in [1.807, 2.05) is 0 Å². The fraction of sp³-hybridized carbons (Fsp3) is 0.625. The van der Waals surface area contributed by atoms with Crippen molar-refractivity contribution in [1.29, 1.82) is 0 Å². The Balaban J connectivity index is 3.06. The molecule has 0 amide bonds. The summed E-state index contributed by atoms with van der Waals surface area (Å²) in [6.07, 6.45) is 2.30. The first kappa shape index (κ1) is 17.5. The average molecular weight is 343 g/mol. The summed E-state index contributed by atoms with van der Waals surface area (Å²) in [6.45, 7) is 9.31. The van der Waals surface area contributed by atoms with Crippen LogP contribution in [0.3, 0.4) is 0 Å². The van der Waals surface area contributed by atoms with Gasteiger partial charge >= 0.3 is 0 Å². The van der Waals surface area contributed by atoms with E-state index >= 15 is 0 Å². The molecule has 1 atom stereocenters. The Kier molecular flexibility index (Phi) is 8.19. The van der Waals surface area contributed by atoms with Crippen LogP contribution >= 0.6 is 15.9 Å². The number of halogens is 1. The van der Waals surface area contributed by atoms with Gasteiger partial charge < -0.3 is 15.3 Å². The van der Waals surface area contributed by atoms with Gasteiger partial charge in [0.05, 0.1) is 6.61 Å². The molecule has 1 rings (SSSR count). The second-order valence-electron chi connectivity index (χ2n) is 5.05. The Morgan fingerprint density at radius 2 is 2.05 bits per heavy atom. The minimum Gasteiger partial charge on any atom is -0.395 e. The van der Waals surface area contributed by atoms with Crippen LogP contribution < -0.4 is 10.2 Å². The molecule has 20 heavy (non-hydrogen) atoms. The van der Waals surface area contributed by atoms with Gasteiger partial charge in [0.15, 0.2) is 0 Å². The lowest BCUT2D eigenvalue weighted by Gasteiger charge is -2.29. The maximum atomic E-state index is 9.33. The Labute approximate surface area is 131 Å². The molecular formula is C16H27BrN2O. The first-order valence-electron chi connectivity index (χ1n) is 7.52. The van der Waals surface area contributed by atoms with Gasteiger partial charge in [0.2, 0.25) is 0 Å². The zero-order chi connectivity index (χ0) is 15.0. The normalized spacial score (nSPS) is 12.4. The van der Waals surface area contributed by atoms with Crippen LogP contribution in [-0.2, 0) is 0 Å². The quantitative estimate of drug-likeness (QED) is 0.717. The number of hydrogen-bond donors (Lipinski definition) is 2. The van der Waals surface area contributed by atoms with E-state index in [0.717, 1.165) is 30.4 Å². The standard InChI is InChI=1S/C16H27BrN2O/c1-4-6-9-19(10-11-20)16-12-14(17)7-8-15(16)13(3)18-5-2/h7-8,12-13,18,20H,4-6,9-11H2,1-3H3. The summed E-state index contributed by atoms with van der Waals surface area (Å²) in [5.41, 5.74) is 2.51. The molecule has 0 fully saturated rings. The van der Waals surface area contributed by atoms with Gasteiger partial charge in [-0.05, 0) is 37.6 Å². The maximum absolute atomic E-state index is 9.33. The van der Waals surface area contributed by atoms with Gasteiger partial charge in [-0.2, -0.15) is 0 Å². The molecule has 0 heterocycles. The number of nitrogens with one attached hydrogen (secondary N) is 1. The van der Waals surface area contributed by atoms with E-state index in [0.29, 0.717) is 12.6 Å². The Morgan fingerprint density at radius 3 is 2.65 bits per heavy atom. The van der Waals surface area contributed by atoms with Crippen LogP contribution in [0.25, 0.3) is 0 Å². The topological polar surface area (TPSA) is 35.5 Å². The summed E-state index contributed by atoms with van der Waals surface area (Å²) in [5.74, 6) is 0. The molecule has 0 aliphatic heterocycles. The van der Waals surface area contributed by atoms with Crippen molar-refractivity contribution in [3.8, 4) is 0 Å². The molecule has 0 radical (unpaired) electrons. The van der Waals surface area contributed by atoms with Crippen LogP contribution in [0.4, 0.5) is 5.69 Å². The number of unbranched alkanes of at least 4 members (excludes halogenated alkanes) is 1. The van der Waals surface area contributed by atoms with E-state index in [9.17, 15) is 5.11 Å². The number of benzene rings is 1. The smallest absolute Gasteiger partial charge is 0.0606 e. The maximum Gasteiger partial charge on any atom is 0.0606 e. The highest BCUT2D eigenvalue weighted by molar-refractivity contribution is 9.10. The molecule has 1 aromatic rings. The van der Waals surface area contributed by atoms with E-state index in [1.54, 1.807) is 0 Å². The van der Waals surface area contributed by atoms with E-state index in [-0.39, 0.29) is 6.61 Å². The number of nitrogens with zero attached hydrogens (tertiary/aromatic N) is 1. The van der Waals surface area contributed by atoms with Crippen molar-refractivity contribution in [3.05, 3.63) is 28.2 Å². The molecule has 1 aromatic carbocycles. The summed E-state index contributed by atoms with van der Waals surface area (Å²) in [4.78, 5) is 2.29. The fourth-order valence-electron chi connectivity index (χ4n) is 2.40. The fourth-order valence-corrected chi connectivity index (χ4v) is 2.74. The second-order valence-corrected chi connectivity index (χ2v) is 5.96. The summed E-state index contributed by atoms with van der Waals surface area (Å²) in [7, 11) is 0. The molecule has 0 saturated carbocycles. The number of anilines is 1. The third kappa shape index (κ3) is 5.08. The molecule has 4 heteroatoms. The van der Waals surface area contributed by atoms with Crippen LogP contribution in [0, 0.1) is 0 Å². The summed E-state index contributed by atoms with van der Waals surface area (Å²) in [5, 5.41) is 12.8. The second kappa shape index (κ2) is 9.37. The Bertz CT molecular complexity index is 398. The van der Waals surface area contributed by atoms with Crippen LogP contribution in [0.1, 0.15) is 45.2 Å². The Hall–Kier alpha value is -0.580. The molecule has 2 N–H and O–H groups in total. The number of aliphatic hydroxyl groups excluding tert-OH is 1. The Morgan fingerprint density at radius 1 is 1.30 bits per heavy atom. The van der Waals surface area contributed by atoms with Crippen LogP contribution in [0.2, 0.25) is 0 Å². The van der Waals surface area contributed by atoms with Crippen molar-refractivity contribution in [1.82, 2.24) is 5.32 Å². The van der Waals surface area contributed by atoms with Gasteiger partial charge in [-0.15, -0.1) is 0 Å². The molecule has 114 valence electrons. The summed E-state index contributed by atoms with van der Waals surface area (Å²) >= 11 is 3.56. The highest BCUT2D eigenvalue weighted by Gasteiger charge is 2.15. The summed E-state index contributed by atoms with van der Waals surface area (Å²) in [6, 6.07) is 6.73. The van der Waals surface area contributed by atoms with Crippen molar-refractivity contribution in [2.75, 3.05) is 31.1 Å². The molecule has 1 unspecified atom stereocenters. The monoisotopic (exact) mass is 342 g/mol. The largest absolute Gasteiger partial charge is 0.395 e. The van der Waals surface area contributed by atoms with Crippen molar-refractivity contribution in [3.63, 3.8) is 0 Å². The molecule has 0 saturated heterocycles. The van der Waals surface area contributed by atoms with E-state index in [2.05, 4.69) is 65.1 Å². The van der Waals surface area contributed by atoms with E-state index in [4.69, 9.17) is 0 Å². The molecule has 0 aliphatic carbocycles. The van der Waals surface area contributed by atoms with Crippen molar-refractivity contribution >= 4 is 21.6 Å². The van der Waals surface area contributed by atoms with Crippen LogP contribution in [-0.4, -0.2) is 31.3 Å². The molecular weight excluding hydrogens is 316 g/mol. The lowest BCUT2D eigenvalue weighted by atomic mass is 10.0. The third-order valence-corrected chi connectivity index (χ3v) is 3.95. The van der Waals surface area contributed by atoms with Gasteiger partial charge in [-0.25, -0.2) is 0 Å². The predicted molar refractivity (Wildman–Crippen MR) is 90.4 cm³/mol. The zero-order valence-corrected chi connectivity index (χ0v) is 14.4. The molecule has 0 bridgehead atoms. The predicted octanol–water partition coefficient (Wildman–Crippen LogP) is 3.72. The third-order valence-electron chi connectivity index (χ3n) is 3.46. The summed E-state index contributed by atoms with van der Waals surface area (Å²) < 4.78 is 1.08. The SMILES string of the molecule is CCCCN(CCO)c1cc(Br)ccc1C(C)NCC. The minimum atomic E-state index is 0.186. The molecule has 0 aliphatic rings. The van der Waals surface area contributed by atoms with Crippen molar-refractivity contribution < 1.29 is 5.11 Å². The van der Waals surface area contributed by atoms with Crippen LogP contribution in [0.5, 0.6) is 0 Å².